The van der Waals surface area contributed by atoms with E-state index >= 15 is 0 Å². The Morgan fingerprint density at radius 2 is 1.83 bits per heavy atom. The van der Waals surface area contributed by atoms with Crippen molar-refractivity contribution in [3.05, 3.63) is 45.2 Å². The highest BCUT2D eigenvalue weighted by molar-refractivity contribution is 6.25. The molecule has 46 heavy (non-hydrogen) atoms. The first kappa shape index (κ1) is 33.0. The average molecular weight is 646 g/mol. The molecule has 3 aliphatic heterocycles. The van der Waals surface area contributed by atoms with Gasteiger partial charge in [0.2, 0.25) is 11.7 Å². The van der Waals surface area contributed by atoms with Crippen molar-refractivity contribution in [3.8, 4) is 17.6 Å². The number of piperazine rings is 1. The van der Waals surface area contributed by atoms with Crippen molar-refractivity contribution in [3.63, 3.8) is 0 Å². The number of aromatic hydroxyl groups is 1. The Kier molecular flexibility index (Phi) is 8.41. The largest absolute Gasteiger partial charge is 0.504 e. The SMILES string of the molecule is COC1=C(C)C(=O)C2=C(C1=O)[C@H](CNC(=O)[C@H](C)NC(=O)C(F)(F)F)N1C(C2)[C@H]2c3c(cc(C)c(OC)c3O)C[C@H]([C@@H]1C#N)N2C. The van der Waals surface area contributed by atoms with E-state index in [2.05, 4.69) is 11.4 Å². The van der Waals surface area contributed by atoms with E-state index in [1.165, 1.54) is 21.1 Å². The van der Waals surface area contributed by atoms with Crippen LogP contribution in [0.1, 0.15) is 43.0 Å². The molecule has 0 spiro atoms. The fourth-order valence-corrected chi connectivity index (χ4v) is 7.50. The molecule has 2 amide bonds. The van der Waals surface area contributed by atoms with E-state index in [1.54, 1.807) is 17.1 Å². The van der Waals surface area contributed by atoms with Gasteiger partial charge < -0.3 is 25.2 Å². The third kappa shape index (κ3) is 5.00. The number of carbonyl (C=O) groups is 4. The monoisotopic (exact) mass is 645 g/mol. The second-order valence-electron chi connectivity index (χ2n) is 12.0. The van der Waals surface area contributed by atoms with Crippen LogP contribution in [-0.4, -0.2) is 102 Å². The molecule has 1 aromatic carbocycles. The fourth-order valence-electron chi connectivity index (χ4n) is 7.50. The van der Waals surface area contributed by atoms with Gasteiger partial charge in [0, 0.05) is 40.9 Å². The van der Waals surface area contributed by atoms with E-state index in [4.69, 9.17) is 9.47 Å². The number of likely N-dealkylation sites (N-methyl/N-ethyl adjacent to an activating group) is 1. The average Bonchev–Trinajstić information content (AvgIpc) is 2.98. The van der Waals surface area contributed by atoms with Crippen molar-refractivity contribution in [1.29, 1.82) is 5.26 Å². The Balaban J connectivity index is 1.62. The minimum Gasteiger partial charge on any atom is -0.504 e. The highest BCUT2D eigenvalue weighted by Gasteiger charge is 2.58. The van der Waals surface area contributed by atoms with Gasteiger partial charge in [-0.15, -0.1) is 0 Å². The lowest BCUT2D eigenvalue weighted by Crippen LogP contribution is -2.71. The van der Waals surface area contributed by atoms with Gasteiger partial charge in [0.1, 0.15) is 12.1 Å². The lowest BCUT2D eigenvalue weighted by molar-refractivity contribution is -0.174. The standard InChI is InChI=1S/C31H34F3N5O7/c1-12-7-15-8-17-19(10-35)39-18(23(38(17)4)21(15)25(41)27(12)45-5)9-16-22(26(42)28(46-6)13(2)24(16)40)20(39)11-36-29(43)14(3)37-30(44)31(32,33)34/h7,14,17-20,23,41H,8-9,11H2,1-6H3,(H,36,43)(H,37,44)/t14-,17+,18?,19-,20-,23-/m0/s1. The number of nitrogens with one attached hydrogen (secondary N) is 2. The molecular formula is C31H34F3N5O7. The van der Waals surface area contributed by atoms with E-state index in [0.29, 0.717) is 17.5 Å². The molecule has 1 aliphatic carbocycles. The van der Waals surface area contributed by atoms with Crippen LogP contribution in [0.15, 0.2) is 28.5 Å². The number of halogens is 3. The number of ketones is 2. The minimum atomic E-state index is -5.21. The summed E-state index contributed by atoms with van der Waals surface area (Å²) in [7, 11) is 4.50. The van der Waals surface area contributed by atoms with Crippen LogP contribution in [0.4, 0.5) is 13.2 Å². The number of rotatable bonds is 6. The van der Waals surface area contributed by atoms with Gasteiger partial charge in [-0.1, -0.05) is 6.07 Å². The summed E-state index contributed by atoms with van der Waals surface area (Å²) >= 11 is 0. The third-order valence-corrected chi connectivity index (χ3v) is 9.53. The van der Waals surface area contributed by atoms with Crippen molar-refractivity contribution < 1.29 is 46.9 Å². The Hall–Kier alpha value is -4.42. The number of methoxy groups -OCH3 is 2. The first-order valence-electron chi connectivity index (χ1n) is 14.6. The molecule has 15 heteroatoms. The van der Waals surface area contributed by atoms with Gasteiger partial charge in [-0.05, 0) is 51.8 Å². The van der Waals surface area contributed by atoms with Crippen LogP contribution in [0.5, 0.6) is 11.5 Å². The number of carbonyl (C=O) groups excluding carboxylic acids is 4. The highest BCUT2D eigenvalue weighted by atomic mass is 19.4. The topological polar surface area (TPSA) is 161 Å². The van der Waals surface area contributed by atoms with Gasteiger partial charge in [0.25, 0.3) is 0 Å². The van der Waals surface area contributed by atoms with Gasteiger partial charge in [-0.3, -0.25) is 29.0 Å². The van der Waals surface area contributed by atoms with E-state index < -0.39 is 65.8 Å². The zero-order chi connectivity index (χ0) is 34.0. The van der Waals surface area contributed by atoms with Crippen molar-refractivity contribution in [2.45, 2.75) is 76.0 Å². The zero-order valence-corrected chi connectivity index (χ0v) is 26.0. The van der Waals surface area contributed by atoms with Crippen LogP contribution >= 0.6 is 0 Å². The molecule has 1 unspecified atom stereocenters. The van der Waals surface area contributed by atoms with Crippen LogP contribution < -0.4 is 15.4 Å². The molecule has 0 radical (unpaired) electrons. The molecule has 12 nitrogen and oxygen atoms in total. The minimum absolute atomic E-state index is 0.0183. The number of aryl methyl sites for hydroxylation is 1. The smallest absolute Gasteiger partial charge is 0.471 e. The lowest BCUT2D eigenvalue weighted by atomic mass is 9.69. The van der Waals surface area contributed by atoms with Crippen LogP contribution in [0.3, 0.4) is 0 Å². The van der Waals surface area contributed by atoms with Crippen LogP contribution in [0.25, 0.3) is 0 Å². The molecule has 3 N–H and O–H groups in total. The first-order valence-corrected chi connectivity index (χ1v) is 14.6. The van der Waals surface area contributed by atoms with Gasteiger partial charge >= 0.3 is 12.1 Å². The second-order valence-corrected chi connectivity index (χ2v) is 12.0. The van der Waals surface area contributed by atoms with E-state index in [-0.39, 0.29) is 46.9 Å². The summed E-state index contributed by atoms with van der Waals surface area (Å²) in [5.74, 6) is -4.30. The number of nitriles is 1. The quantitative estimate of drug-likeness (QED) is 0.387. The predicted octanol–water partition coefficient (Wildman–Crippen LogP) is 1.51. The van der Waals surface area contributed by atoms with Gasteiger partial charge in [0.05, 0.1) is 32.4 Å². The van der Waals surface area contributed by atoms with Crippen molar-refractivity contribution >= 4 is 23.4 Å². The number of benzene rings is 1. The first-order chi connectivity index (χ1) is 21.6. The second kappa shape index (κ2) is 11.7. The maximum Gasteiger partial charge on any atom is 0.471 e. The normalized spacial score (nSPS) is 26.8. The van der Waals surface area contributed by atoms with E-state index in [0.717, 1.165) is 12.5 Å². The number of allylic oxidation sites excluding steroid dienone is 2. The van der Waals surface area contributed by atoms with Crippen LogP contribution in [0.2, 0.25) is 0 Å². The maximum absolute atomic E-state index is 13.9. The molecule has 1 aromatic rings. The number of phenols is 1. The number of hydrogen-bond donors (Lipinski definition) is 3. The Labute approximate surface area is 262 Å². The molecule has 6 atom stereocenters. The fraction of sp³-hybridized carbons (Fsp3) is 0.516. The molecule has 246 valence electrons. The highest BCUT2D eigenvalue weighted by Crippen LogP contribution is 2.53. The lowest BCUT2D eigenvalue weighted by Gasteiger charge is -2.60. The van der Waals surface area contributed by atoms with Gasteiger partial charge in [0.15, 0.2) is 23.0 Å². The molecule has 5 rings (SSSR count). The molecule has 3 heterocycles. The predicted molar refractivity (Wildman–Crippen MR) is 154 cm³/mol. The molecule has 1 saturated heterocycles. The third-order valence-electron chi connectivity index (χ3n) is 9.53. The molecule has 2 bridgehead atoms. The molecule has 0 aromatic heterocycles. The van der Waals surface area contributed by atoms with E-state index in [1.807, 2.05) is 18.0 Å². The molecule has 1 fully saturated rings. The van der Waals surface area contributed by atoms with Gasteiger partial charge in [-0.2, -0.15) is 18.4 Å². The van der Waals surface area contributed by atoms with Crippen LogP contribution in [0, 0.1) is 18.3 Å². The van der Waals surface area contributed by atoms with Crippen molar-refractivity contribution in [2.24, 2.45) is 0 Å². The molecule has 0 saturated carbocycles. The number of amides is 2. The summed E-state index contributed by atoms with van der Waals surface area (Å²) in [5, 5.41) is 26.2. The van der Waals surface area contributed by atoms with Crippen molar-refractivity contribution in [2.75, 3.05) is 27.8 Å². The Morgan fingerprint density at radius 1 is 1.15 bits per heavy atom. The number of alkyl halides is 3. The summed E-state index contributed by atoms with van der Waals surface area (Å²) in [4.78, 5) is 55.8. The molecular weight excluding hydrogens is 611 g/mol. The van der Waals surface area contributed by atoms with E-state index in [9.17, 15) is 42.7 Å². The Morgan fingerprint density at radius 3 is 2.41 bits per heavy atom. The number of phenolic OH excluding ortho intramolecular Hbond substituents is 1. The number of hydrogen-bond acceptors (Lipinski definition) is 10. The number of Topliss-reactive ketones (excluding diaryl/α,β-unsaturated/α-hetero) is 2. The summed E-state index contributed by atoms with van der Waals surface area (Å²) in [6, 6.07) is -0.991. The summed E-state index contributed by atoms with van der Waals surface area (Å²) in [6.07, 6.45) is -4.84. The summed E-state index contributed by atoms with van der Waals surface area (Å²) < 4.78 is 49.3. The van der Waals surface area contributed by atoms with Gasteiger partial charge in [-0.25, -0.2) is 0 Å². The Bertz CT molecular complexity index is 1650. The zero-order valence-electron chi connectivity index (χ0n) is 26.0. The maximum atomic E-state index is 13.9. The van der Waals surface area contributed by atoms with Crippen LogP contribution in [-0.2, 0) is 30.3 Å². The number of nitrogens with zero attached hydrogens (tertiary/aromatic N) is 3. The summed E-state index contributed by atoms with van der Waals surface area (Å²) in [6.45, 7) is 3.95. The van der Waals surface area contributed by atoms with Crippen molar-refractivity contribution in [1.82, 2.24) is 20.4 Å². The summed E-state index contributed by atoms with van der Waals surface area (Å²) in [5.41, 5.74) is 2.35. The molecule has 4 aliphatic rings. The number of fused-ring (bicyclic) bond motifs is 6. The number of ether oxygens (including phenoxy) is 2.